The number of ketones is 2. The number of fused-ring (bicyclic) bond motifs is 5. The van der Waals surface area contributed by atoms with Crippen molar-refractivity contribution in [1.82, 2.24) is 5.32 Å². The van der Waals surface area contributed by atoms with Crippen LogP contribution in [-0.4, -0.2) is 143 Å². The van der Waals surface area contributed by atoms with Crippen molar-refractivity contribution >= 4 is 23.4 Å². The van der Waals surface area contributed by atoms with Crippen LogP contribution < -0.4 is 5.32 Å². The van der Waals surface area contributed by atoms with Gasteiger partial charge < -0.3 is 75.3 Å². The van der Waals surface area contributed by atoms with E-state index in [-0.39, 0.29) is 33.4 Å². The number of carboxylic acid groups (broad SMARTS) is 1. The van der Waals surface area contributed by atoms with Crippen LogP contribution in [0.25, 0.3) is 11.1 Å². The van der Waals surface area contributed by atoms with Crippen LogP contribution >= 0.6 is 0 Å². The van der Waals surface area contributed by atoms with Gasteiger partial charge in [0.05, 0.1) is 29.4 Å². The van der Waals surface area contributed by atoms with Gasteiger partial charge in [0.25, 0.3) is 5.91 Å². The lowest BCUT2D eigenvalue weighted by molar-refractivity contribution is -0.353. The fourth-order valence-corrected chi connectivity index (χ4v) is 7.62. The zero-order chi connectivity index (χ0) is 40.7. The number of nitrogens with one attached hydrogen (secondary N) is 1. The molecular weight excluding hydrogens is 746 g/mol. The largest absolute Gasteiger partial charge is 0.507 e. The molecule has 0 saturated carbocycles. The summed E-state index contributed by atoms with van der Waals surface area (Å²) in [5, 5.41) is 110. The zero-order valence-electron chi connectivity index (χ0n) is 29.4. The molecule has 2 aliphatic heterocycles. The van der Waals surface area contributed by atoms with Crippen LogP contribution in [0.1, 0.15) is 78.0 Å². The fraction of sp³-hybridized carbons (Fsp3) is 0.405. The van der Waals surface area contributed by atoms with Gasteiger partial charge >= 0.3 is 5.97 Å². The Morgan fingerprint density at radius 2 is 1.48 bits per heavy atom. The molecule has 0 radical (unpaired) electrons. The van der Waals surface area contributed by atoms with Gasteiger partial charge in [0.15, 0.2) is 24.1 Å². The van der Waals surface area contributed by atoms with Crippen LogP contribution in [0.3, 0.4) is 0 Å². The Balaban J connectivity index is 1.35. The highest BCUT2D eigenvalue weighted by Crippen LogP contribution is 2.57. The van der Waals surface area contributed by atoms with Gasteiger partial charge in [-0.25, -0.2) is 0 Å². The molecule has 0 aromatic heterocycles. The highest BCUT2D eigenvalue weighted by molar-refractivity contribution is 6.31. The summed E-state index contributed by atoms with van der Waals surface area (Å²) in [4.78, 5) is 52.1. The van der Waals surface area contributed by atoms with Gasteiger partial charge in [-0.1, -0.05) is 18.2 Å². The number of ether oxygens (including phenoxy) is 4. The maximum absolute atomic E-state index is 13.8. The Morgan fingerprint density at radius 3 is 2.18 bits per heavy atom. The normalized spacial score (nSPS) is 30.8. The molecule has 298 valence electrons. The lowest BCUT2D eigenvalue weighted by Gasteiger charge is -2.45. The summed E-state index contributed by atoms with van der Waals surface area (Å²) in [5.74, 6) is -6.53. The third kappa shape index (κ3) is 6.18. The summed E-state index contributed by atoms with van der Waals surface area (Å²) in [5.41, 5.74) is -3.30. The number of aliphatic carboxylic acids is 1. The summed E-state index contributed by atoms with van der Waals surface area (Å²) in [6.07, 6.45) is -18.4. The van der Waals surface area contributed by atoms with Crippen molar-refractivity contribution in [3.8, 4) is 28.4 Å². The molecule has 7 rings (SSSR count). The van der Waals surface area contributed by atoms with Gasteiger partial charge in [0.1, 0.15) is 72.6 Å². The number of amides is 1. The Kier molecular flexibility index (Phi) is 10.1. The van der Waals surface area contributed by atoms with Gasteiger partial charge in [-0.3, -0.25) is 19.2 Å². The summed E-state index contributed by atoms with van der Waals surface area (Å²) < 4.78 is 22.9. The van der Waals surface area contributed by atoms with E-state index in [1.807, 2.05) is 0 Å². The molecule has 11 N–H and O–H groups in total. The Hall–Kier alpha value is -5.06. The number of aromatic hydroxyl groups is 3. The zero-order valence-corrected chi connectivity index (χ0v) is 29.4. The first-order valence-electron chi connectivity index (χ1n) is 17.3. The number of phenolic OH excluding ortho intramolecular Hbond substituents is 3. The van der Waals surface area contributed by atoms with E-state index < -0.39 is 144 Å². The average Bonchev–Trinajstić information content (AvgIpc) is 3.14. The van der Waals surface area contributed by atoms with Crippen molar-refractivity contribution in [3.05, 3.63) is 74.8 Å². The minimum Gasteiger partial charge on any atom is -0.507 e. The molecule has 0 spiro atoms. The number of aliphatic hydroxyl groups excluding tert-OH is 6. The molecule has 4 aliphatic rings. The van der Waals surface area contributed by atoms with Crippen LogP contribution in [-0.2, 0) is 23.7 Å². The molecule has 3 aromatic rings. The van der Waals surface area contributed by atoms with E-state index in [0.29, 0.717) is 0 Å². The molecule has 2 heterocycles. The molecule has 2 saturated heterocycles. The van der Waals surface area contributed by atoms with Gasteiger partial charge in [0, 0.05) is 22.3 Å². The topological polar surface area (TPSA) is 320 Å². The molecular formula is C37H37NO18. The lowest BCUT2D eigenvalue weighted by Crippen LogP contribution is -2.62. The quantitative estimate of drug-likeness (QED) is 0.104. The van der Waals surface area contributed by atoms with Crippen molar-refractivity contribution in [2.75, 3.05) is 13.2 Å². The van der Waals surface area contributed by atoms with Gasteiger partial charge in [-0.05, 0) is 42.7 Å². The number of aliphatic hydroxyl groups is 6. The maximum atomic E-state index is 13.8. The van der Waals surface area contributed by atoms with Crippen LogP contribution in [0.4, 0.5) is 0 Å². The van der Waals surface area contributed by atoms with E-state index in [2.05, 4.69) is 5.32 Å². The van der Waals surface area contributed by atoms with Gasteiger partial charge in [0.2, 0.25) is 0 Å². The molecule has 2 fully saturated rings. The first-order valence-corrected chi connectivity index (χ1v) is 17.3. The van der Waals surface area contributed by atoms with E-state index in [1.165, 1.54) is 38.1 Å². The van der Waals surface area contributed by atoms with Crippen molar-refractivity contribution in [2.24, 2.45) is 0 Å². The standard InChI is InChI=1S/C37H37NO18/c1-10-6-15-22(29(48)19(10)35(52)38-8-18(41)42)21-13(7-14-23(30(21)49)25(44)12-4-3-5-16(39)20(12)26(14)45)27(46)33(15)55-37-32(51)34(24(43)11(2)54-37)56-36-31(50)28(47)17(40)9-53-36/h3-7,11,17,24,27-28,31-34,36-37,39-40,43,46-51H,8-9H2,1-2H3,(H,38,52)(H,41,42)/t11-,17-,24+,27+,28+,31-,32-,33+,34+,36+,37+/m1/s1. The predicted molar refractivity (Wildman–Crippen MR) is 183 cm³/mol. The molecule has 0 unspecified atom stereocenters. The van der Waals surface area contributed by atoms with Crippen molar-refractivity contribution < 1.29 is 89.2 Å². The number of aryl methyl sites for hydroxylation is 1. The minimum absolute atomic E-state index is 0.0146. The fourth-order valence-electron chi connectivity index (χ4n) is 7.62. The number of carboxylic acids is 1. The summed E-state index contributed by atoms with van der Waals surface area (Å²) in [7, 11) is 0. The van der Waals surface area contributed by atoms with Gasteiger partial charge in [-0.15, -0.1) is 0 Å². The second kappa shape index (κ2) is 14.5. The highest BCUT2D eigenvalue weighted by atomic mass is 16.7. The third-order valence-electron chi connectivity index (χ3n) is 10.4. The summed E-state index contributed by atoms with van der Waals surface area (Å²) in [6.45, 7) is 1.43. The number of benzene rings is 3. The SMILES string of the molecule is Cc1cc2c(c(O)c1C(=O)NCC(=O)O)-c1c(cc3c(c1O)C(=O)c1cccc(O)c1C3=O)[C@H](O)[C@H]2O[C@@H]1O[C@H](C)[C@H](O)[C@H](O[C@@H]2OC[C@@H](O)[C@H](O)[C@H]2O)[C@H]1O. The molecule has 19 nitrogen and oxygen atoms in total. The molecule has 0 bridgehead atoms. The van der Waals surface area contributed by atoms with E-state index in [4.69, 9.17) is 24.1 Å². The Bertz CT molecular complexity index is 2150. The number of phenols is 3. The van der Waals surface area contributed by atoms with Gasteiger partial charge in [-0.2, -0.15) is 0 Å². The monoisotopic (exact) mass is 783 g/mol. The third-order valence-corrected chi connectivity index (χ3v) is 10.4. The molecule has 11 atom stereocenters. The number of rotatable bonds is 7. The number of carbonyl (C=O) groups excluding carboxylic acids is 3. The highest BCUT2D eigenvalue weighted by Gasteiger charge is 2.51. The first kappa shape index (κ1) is 39.2. The second-order valence-corrected chi connectivity index (χ2v) is 14.0. The summed E-state index contributed by atoms with van der Waals surface area (Å²) in [6, 6.07) is 6.06. The Labute approximate surface area is 315 Å². The molecule has 3 aromatic carbocycles. The van der Waals surface area contributed by atoms with E-state index in [1.54, 1.807) is 0 Å². The maximum Gasteiger partial charge on any atom is 0.322 e. The molecule has 19 heteroatoms. The minimum atomic E-state index is -1.94. The number of hydrogen-bond acceptors (Lipinski definition) is 17. The average molecular weight is 784 g/mol. The van der Waals surface area contributed by atoms with Crippen molar-refractivity contribution in [2.45, 2.75) is 81.4 Å². The molecule has 56 heavy (non-hydrogen) atoms. The van der Waals surface area contributed by atoms with E-state index >= 15 is 0 Å². The Morgan fingerprint density at radius 1 is 0.804 bits per heavy atom. The first-order chi connectivity index (χ1) is 26.4. The smallest absolute Gasteiger partial charge is 0.322 e. The molecule has 1 amide bonds. The predicted octanol–water partition coefficient (Wildman–Crippen LogP) is -1.24. The number of carbonyl (C=O) groups is 4. The summed E-state index contributed by atoms with van der Waals surface area (Å²) >= 11 is 0. The molecule has 2 aliphatic carbocycles. The van der Waals surface area contributed by atoms with Crippen molar-refractivity contribution in [1.29, 1.82) is 0 Å². The van der Waals surface area contributed by atoms with Crippen LogP contribution in [0.15, 0.2) is 30.3 Å². The number of hydrogen-bond donors (Lipinski definition) is 11. The van der Waals surface area contributed by atoms with Crippen LogP contribution in [0, 0.1) is 6.92 Å². The van der Waals surface area contributed by atoms with E-state index in [0.717, 1.165) is 6.07 Å². The van der Waals surface area contributed by atoms with Crippen molar-refractivity contribution in [3.63, 3.8) is 0 Å². The lowest BCUT2D eigenvalue weighted by atomic mass is 9.74. The second-order valence-electron chi connectivity index (χ2n) is 14.0. The van der Waals surface area contributed by atoms with Crippen LogP contribution in [0.5, 0.6) is 17.2 Å². The van der Waals surface area contributed by atoms with E-state index in [9.17, 15) is 65.1 Å². The van der Waals surface area contributed by atoms with Crippen LogP contribution in [0.2, 0.25) is 0 Å².